The van der Waals surface area contributed by atoms with Crippen molar-refractivity contribution in [2.24, 2.45) is 0 Å². The second kappa shape index (κ2) is 8.71. The van der Waals surface area contributed by atoms with Crippen molar-refractivity contribution in [3.63, 3.8) is 0 Å². The van der Waals surface area contributed by atoms with Crippen LogP contribution in [0.5, 0.6) is 0 Å². The molecule has 2 aromatic rings. The van der Waals surface area contributed by atoms with Gasteiger partial charge < -0.3 is 14.6 Å². The molecule has 138 valence electrons. The molecule has 0 radical (unpaired) electrons. The standard InChI is InChI=1S/C19H22FN3O3/c20-17-4-2-1-3-14(17)5-8-19(25)23-9-10-26-16(12-23)7-6-15-11-18(24)22-13-21-15/h1-4,11,13,16H,5-10,12H2,(H,21,22,24). The lowest BCUT2D eigenvalue weighted by Gasteiger charge is -2.33. The van der Waals surface area contributed by atoms with E-state index in [-0.39, 0.29) is 29.8 Å². The predicted octanol–water partition coefficient (Wildman–Crippen LogP) is 1.70. The molecule has 1 amide bonds. The normalized spacial score (nSPS) is 17.3. The van der Waals surface area contributed by atoms with Gasteiger partial charge in [0.15, 0.2) is 0 Å². The molecule has 7 heteroatoms. The molecule has 6 nitrogen and oxygen atoms in total. The van der Waals surface area contributed by atoms with E-state index >= 15 is 0 Å². The van der Waals surface area contributed by atoms with E-state index in [1.807, 2.05) is 0 Å². The summed E-state index contributed by atoms with van der Waals surface area (Å²) in [5.74, 6) is -0.263. The molecule has 2 heterocycles. The fourth-order valence-electron chi connectivity index (χ4n) is 3.08. The number of H-pyrrole nitrogens is 1. The lowest BCUT2D eigenvalue weighted by Crippen LogP contribution is -2.45. The Morgan fingerprint density at radius 1 is 1.35 bits per heavy atom. The van der Waals surface area contributed by atoms with Crippen molar-refractivity contribution in [3.8, 4) is 0 Å². The summed E-state index contributed by atoms with van der Waals surface area (Å²) in [5.41, 5.74) is 1.09. The van der Waals surface area contributed by atoms with Crippen molar-refractivity contribution in [2.75, 3.05) is 19.7 Å². The van der Waals surface area contributed by atoms with E-state index < -0.39 is 0 Å². The van der Waals surface area contributed by atoms with Crippen LogP contribution in [0.15, 0.2) is 41.5 Å². The minimum absolute atomic E-state index is 0.0100. The van der Waals surface area contributed by atoms with Crippen LogP contribution in [0, 0.1) is 5.82 Å². The van der Waals surface area contributed by atoms with Crippen LogP contribution in [-0.4, -0.2) is 46.6 Å². The highest BCUT2D eigenvalue weighted by Crippen LogP contribution is 2.14. The number of hydrogen-bond donors (Lipinski definition) is 1. The Balaban J connectivity index is 1.48. The number of amides is 1. The molecule has 1 aliphatic rings. The lowest BCUT2D eigenvalue weighted by atomic mass is 10.1. The molecule has 0 saturated carbocycles. The first-order valence-electron chi connectivity index (χ1n) is 8.78. The summed E-state index contributed by atoms with van der Waals surface area (Å²) in [7, 11) is 0. The zero-order valence-corrected chi connectivity index (χ0v) is 14.5. The lowest BCUT2D eigenvalue weighted by molar-refractivity contribution is -0.138. The van der Waals surface area contributed by atoms with Crippen LogP contribution in [0.3, 0.4) is 0 Å². The number of halogens is 1. The van der Waals surface area contributed by atoms with Gasteiger partial charge in [-0.2, -0.15) is 0 Å². The van der Waals surface area contributed by atoms with Crippen LogP contribution < -0.4 is 5.56 Å². The predicted molar refractivity (Wildman–Crippen MR) is 94.2 cm³/mol. The molecular formula is C19H22FN3O3. The summed E-state index contributed by atoms with van der Waals surface area (Å²) in [6.45, 7) is 1.55. The van der Waals surface area contributed by atoms with Gasteiger partial charge in [0.1, 0.15) is 5.82 Å². The van der Waals surface area contributed by atoms with Gasteiger partial charge in [0.25, 0.3) is 5.56 Å². The van der Waals surface area contributed by atoms with E-state index in [0.29, 0.717) is 50.2 Å². The highest BCUT2D eigenvalue weighted by atomic mass is 19.1. The van der Waals surface area contributed by atoms with Gasteiger partial charge in [0, 0.05) is 31.3 Å². The molecular weight excluding hydrogens is 337 g/mol. The molecule has 1 N–H and O–H groups in total. The fraction of sp³-hybridized carbons (Fsp3) is 0.421. The summed E-state index contributed by atoms with van der Waals surface area (Å²) >= 11 is 0. The van der Waals surface area contributed by atoms with Gasteiger partial charge >= 0.3 is 0 Å². The maximum Gasteiger partial charge on any atom is 0.250 e. The molecule has 0 spiro atoms. The van der Waals surface area contributed by atoms with Crippen LogP contribution in [0.2, 0.25) is 0 Å². The number of nitrogens with zero attached hydrogens (tertiary/aromatic N) is 2. The molecule has 1 saturated heterocycles. The van der Waals surface area contributed by atoms with Crippen molar-refractivity contribution in [1.29, 1.82) is 0 Å². The van der Waals surface area contributed by atoms with Gasteiger partial charge in [0.2, 0.25) is 5.91 Å². The van der Waals surface area contributed by atoms with Crippen LogP contribution in [0.1, 0.15) is 24.1 Å². The molecule has 1 aliphatic heterocycles. The smallest absolute Gasteiger partial charge is 0.250 e. The minimum Gasteiger partial charge on any atom is -0.375 e. The number of nitrogens with one attached hydrogen (secondary N) is 1. The SMILES string of the molecule is O=C(CCc1ccccc1F)N1CCOC(CCc2cc(=O)[nH]cn2)C1. The minimum atomic E-state index is -0.273. The molecule has 0 aliphatic carbocycles. The van der Waals surface area contributed by atoms with Gasteiger partial charge in [-0.05, 0) is 30.9 Å². The maximum absolute atomic E-state index is 13.7. The Hall–Kier alpha value is -2.54. The zero-order valence-electron chi connectivity index (χ0n) is 14.5. The topological polar surface area (TPSA) is 75.3 Å². The Bertz CT molecular complexity index is 808. The van der Waals surface area contributed by atoms with Crippen molar-refractivity contribution in [3.05, 3.63) is 64.1 Å². The highest BCUT2D eigenvalue weighted by molar-refractivity contribution is 5.76. The quantitative estimate of drug-likeness (QED) is 0.852. The number of carbonyl (C=O) groups excluding carboxylic acids is 1. The van der Waals surface area contributed by atoms with E-state index in [1.54, 1.807) is 23.1 Å². The largest absolute Gasteiger partial charge is 0.375 e. The third-order valence-electron chi connectivity index (χ3n) is 4.51. The number of carbonyl (C=O) groups is 1. The number of hydrogen-bond acceptors (Lipinski definition) is 4. The van der Waals surface area contributed by atoms with E-state index in [4.69, 9.17) is 4.74 Å². The molecule has 1 aromatic carbocycles. The van der Waals surface area contributed by atoms with Crippen LogP contribution in [0.25, 0.3) is 0 Å². The van der Waals surface area contributed by atoms with Crippen LogP contribution in [0.4, 0.5) is 4.39 Å². The molecule has 1 fully saturated rings. The second-order valence-electron chi connectivity index (χ2n) is 6.37. The van der Waals surface area contributed by atoms with Crippen LogP contribution in [-0.2, 0) is 22.4 Å². The number of aromatic amines is 1. The number of aromatic nitrogens is 2. The van der Waals surface area contributed by atoms with Crippen LogP contribution >= 0.6 is 0 Å². The number of morpholine rings is 1. The van der Waals surface area contributed by atoms with Crippen molar-refractivity contribution in [1.82, 2.24) is 14.9 Å². The molecule has 3 rings (SSSR count). The highest BCUT2D eigenvalue weighted by Gasteiger charge is 2.24. The molecule has 1 atom stereocenters. The summed E-state index contributed by atoms with van der Waals surface area (Å²) in [6, 6.07) is 8.01. The fourth-order valence-corrected chi connectivity index (χ4v) is 3.08. The first-order chi connectivity index (χ1) is 12.6. The average molecular weight is 359 g/mol. The third kappa shape index (κ3) is 4.98. The second-order valence-corrected chi connectivity index (χ2v) is 6.37. The first-order valence-corrected chi connectivity index (χ1v) is 8.78. The van der Waals surface area contributed by atoms with Crippen molar-refractivity contribution < 1.29 is 13.9 Å². The van der Waals surface area contributed by atoms with Gasteiger partial charge in [-0.25, -0.2) is 9.37 Å². The van der Waals surface area contributed by atoms with Gasteiger partial charge in [0.05, 0.1) is 19.0 Å². The van der Waals surface area contributed by atoms with Gasteiger partial charge in [-0.15, -0.1) is 0 Å². The third-order valence-corrected chi connectivity index (χ3v) is 4.51. The number of ether oxygens (including phenoxy) is 1. The van der Waals surface area contributed by atoms with E-state index in [2.05, 4.69) is 9.97 Å². The maximum atomic E-state index is 13.7. The molecule has 1 unspecified atom stereocenters. The first kappa shape index (κ1) is 18.3. The van der Waals surface area contributed by atoms with E-state index in [9.17, 15) is 14.0 Å². The molecule has 1 aromatic heterocycles. The molecule has 0 bridgehead atoms. The average Bonchev–Trinajstić information content (AvgIpc) is 2.66. The molecule has 26 heavy (non-hydrogen) atoms. The van der Waals surface area contributed by atoms with E-state index in [1.165, 1.54) is 18.5 Å². The monoisotopic (exact) mass is 359 g/mol. The Labute approximate surface area is 151 Å². The number of rotatable bonds is 6. The van der Waals surface area contributed by atoms with Gasteiger partial charge in [-0.3, -0.25) is 9.59 Å². The Morgan fingerprint density at radius 2 is 2.19 bits per heavy atom. The Morgan fingerprint density at radius 3 is 3.00 bits per heavy atom. The Kier molecular flexibility index (Phi) is 6.12. The summed E-state index contributed by atoms with van der Waals surface area (Å²) in [5, 5.41) is 0. The summed E-state index contributed by atoms with van der Waals surface area (Å²) in [6.07, 6.45) is 3.28. The zero-order chi connectivity index (χ0) is 18.4. The number of benzene rings is 1. The summed E-state index contributed by atoms with van der Waals surface area (Å²) < 4.78 is 19.4. The van der Waals surface area contributed by atoms with Gasteiger partial charge in [-0.1, -0.05) is 18.2 Å². The number of aryl methyl sites for hydroxylation is 2. The van der Waals surface area contributed by atoms with Crippen molar-refractivity contribution in [2.45, 2.75) is 31.8 Å². The van der Waals surface area contributed by atoms with Crippen molar-refractivity contribution >= 4 is 5.91 Å². The van der Waals surface area contributed by atoms with E-state index in [0.717, 1.165) is 0 Å². The summed E-state index contributed by atoms with van der Waals surface area (Å²) in [4.78, 5) is 32.1.